The average molecular weight is 172 g/mol. The summed E-state index contributed by atoms with van der Waals surface area (Å²) in [5.74, 6) is -0.720. The fourth-order valence-corrected chi connectivity index (χ4v) is 0.398. The van der Waals surface area contributed by atoms with Crippen LogP contribution in [0.5, 0.6) is 0 Å². The highest BCUT2D eigenvalue weighted by Gasteiger charge is 2.01. The molecule has 0 bridgehead atoms. The van der Waals surface area contributed by atoms with E-state index in [9.17, 15) is 9.00 Å². The molecule has 0 radical (unpaired) electrons. The molecule has 0 saturated heterocycles. The summed E-state index contributed by atoms with van der Waals surface area (Å²) in [4.78, 5) is 10.1. The minimum Gasteiger partial charge on any atom is -0.450 e. The smallest absolute Gasteiger partial charge is 0.335 e. The molecule has 0 aliphatic heterocycles. The number of carbonyl (C=O) groups excluding carboxylic acids is 1. The van der Waals surface area contributed by atoms with Crippen molar-refractivity contribution in [1.29, 1.82) is 0 Å². The van der Waals surface area contributed by atoms with E-state index in [0.717, 1.165) is 0 Å². The lowest BCUT2D eigenvalue weighted by Crippen LogP contribution is -2.08. The molecule has 0 fully saturated rings. The van der Waals surface area contributed by atoms with Crippen molar-refractivity contribution in [2.24, 2.45) is 0 Å². The number of hydrogen-bond donors (Lipinski definition) is 1. The van der Waals surface area contributed by atoms with Gasteiger partial charge in [-0.2, -0.15) is 4.21 Å². The summed E-state index contributed by atoms with van der Waals surface area (Å²) in [5.41, 5.74) is 0. The molecule has 0 aromatic carbocycles. The van der Waals surface area contributed by atoms with Crippen LogP contribution in [0.4, 0.5) is 0 Å². The molecule has 0 rings (SSSR count). The molecule has 0 aliphatic rings. The van der Waals surface area contributed by atoms with Gasteiger partial charge in [0.05, 0.1) is 9.47 Å². The van der Waals surface area contributed by atoms with Gasteiger partial charge in [-0.3, -0.25) is 8.74 Å². The van der Waals surface area contributed by atoms with E-state index in [1.165, 1.54) is 0 Å². The minimum atomic E-state index is -2.40. The Labute approximate surface area is 56.5 Å². The van der Waals surface area contributed by atoms with Crippen LogP contribution in [0.2, 0.25) is 0 Å². The minimum absolute atomic E-state index is 0.521. The van der Waals surface area contributed by atoms with Crippen LogP contribution in [-0.2, 0) is 24.9 Å². The molecule has 2 unspecified atom stereocenters. The van der Waals surface area contributed by atoms with Crippen LogP contribution in [0.3, 0.4) is 0 Å². The lowest BCUT2D eigenvalue weighted by molar-refractivity contribution is -0.135. The zero-order valence-electron chi connectivity index (χ0n) is 4.27. The zero-order chi connectivity index (χ0) is 7.28. The quantitative estimate of drug-likeness (QED) is 0.457. The van der Waals surface area contributed by atoms with Crippen molar-refractivity contribution in [2.75, 3.05) is 6.61 Å². The molecule has 54 valence electrons. The predicted octanol–water partition coefficient (Wildman–Crippen LogP) is -0.527. The van der Waals surface area contributed by atoms with Crippen LogP contribution >= 0.6 is 9.47 Å². The summed E-state index contributed by atoms with van der Waals surface area (Å²) >= 11 is -2.40. The average Bonchev–Trinajstić information content (AvgIpc) is 1.83. The largest absolute Gasteiger partial charge is 0.450 e. The van der Waals surface area contributed by atoms with Crippen molar-refractivity contribution >= 4 is 26.8 Å². The highest BCUT2D eigenvalue weighted by atomic mass is 32.2. The Morgan fingerprint density at radius 2 is 2.33 bits per heavy atom. The van der Waals surface area contributed by atoms with Gasteiger partial charge in [0.15, 0.2) is 6.61 Å². The highest BCUT2D eigenvalue weighted by molar-refractivity contribution is 7.74. The monoisotopic (exact) mass is 172 g/mol. The van der Waals surface area contributed by atoms with E-state index in [0.29, 0.717) is 0 Å². The van der Waals surface area contributed by atoms with Gasteiger partial charge in [0.25, 0.3) is 0 Å². The fourth-order valence-electron chi connectivity index (χ4n) is 0.133. The Balaban J connectivity index is 3.28. The molecular formula is C2H5O5PS. The molecule has 0 heterocycles. The Bertz CT molecular complexity index is 124. The molecule has 1 N–H and O–H groups in total. The van der Waals surface area contributed by atoms with E-state index in [2.05, 4.69) is 8.71 Å². The maximum absolute atomic E-state index is 10.1. The first-order chi connectivity index (χ1) is 4.16. The van der Waals surface area contributed by atoms with E-state index in [-0.39, 0.29) is 0 Å². The second kappa shape index (κ2) is 4.81. The summed E-state index contributed by atoms with van der Waals surface area (Å²) < 4.78 is 25.6. The summed E-state index contributed by atoms with van der Waals surface area (Å²) in [6.07, 6.45) is 0. The molecule has 0 aromatic rings. The second-order valence-electron chi connectivity index (χ2n) is 0.969. The van der Waals surface area contributed by atoms with Gasteiger partial charge in [0, 0.05) is 0 Å². The number of carbonyl (C=O) groups is 1. The van der Waals surface area contributed by atoms with Crippen molar-refractivity contribution in [3.63, 3.8) is 0 Å². The summed E-state index contributed by atoms with van der Waals surface area (Å²) in [6.45, 7) is -0.521. The Kier molecular flexibility index (Phi) is 4.80. The van der Waals surface area contributed by atoms with E-state index in [4.69, 9.17) is 4.55 Å². The maximum atomic E-state index is 10.1. The van der Waals surface area contributed by atoms with Crippen LogP contribution in [-0.4, -0.2) is 21.3 Å². The van der Waals surface area contributed by atoms with Crippen molar-refractivity contribution in [3.8, 4) is 0 Å². The van der Waals surface area contributed by atoms with Gasteiger partial charge in [-0.15, -0.1) is 0 Å². The van der Waals surface area contributed by atoms with Crippen molar-refractivity contribution in [2.45, 2.75) is 0 Å². The molecule has 0 saturated carbocycles. The van der Waals surface area contributed by atoms with Gasteiger partial charge in [0.2, 0.25) is 0 Å². The topological polar surface area (TPSA) is 72.8 Å². The van der Waals surface area contributed by atoms with E-state index in [1.54, 1.807) is 9.47 Å². The first-order valence-electron chi connectivity index (χ1n) is 1.80. The predicted molar refractivity (Wildman–Crippen MR) is 32.5 cm³/mol. The molecule has 5 nitrogen and oxygen atoms in total. The first-order valence-corrected chi connectivity index (χ1v) is 3.31. The van der Waals surface area contributed by atoms with Crippen LogP contribution in [0, 0.1) is 0 Å². The number of rotatable bonds is 3. The second-order valence-corrected chi connectivity index (χ2v) is 1.87. The van der Waals surface area contributed by atoms with Gasteiger partial charge in [-0.05, 0) is 0 Å². The Morgan fingerprint density at radius 3 is 2.67 bits per heavy atom. The summed E-state index contributed by atoms with van der Waals surface area (Å²) in [6, 6.07) is 0. The van der Waals surface area contributed by atoms with Crippen LogP contribution in [0.25, 0.3) is 0 Å². The van der Waals surface area contributed by atoms with Crippen molar-refractivity contribution in [3.05, 3.63) is 0 Å². The van der Waals surface area contributed by atoms with E-state index in [1.807, 2.05) is 0 Å². The van der Waals surface area contributed by atoms with Gasteiger partial charge >= 0.3 is 17.3 Å². The molecule has 0 aliphatic carbocycles. The molecular weight excluding hydrogens is 167 g/mol. The van der Waals surface area contributed by atoms with Crippen molar-refractivity contribution < 1.29 is 22.3 Å². The van der Waals surface area contributed by atoms with E-state index >= 15 is 0 Å². The Hall–Kier alpha value is -0.0300. The first kappa shape index (κ1) is 8.97. The summed E-state index contributed by atoms with van der Waals surface area (Å²) in [5, 5.41) is 0. The molecule has 9 heavy (non-hydrogen) atoms. The Morgan fingerprint density at radius 1 is 1.78 bits per heavy atom. The number of hydrogen-bond acceptors (Lipinski definition) is 4. The lowest BCUT2D eigenvalue weighted by atomic mass is 10.8. The van der Waals surface area contributed by atoms with Gasteiger partial charge in [-0.1, -0.05) is 0 Å². The summed E-state index contributed by atoms with van der Waals surface area (Å²) in [7, 11) is 1.69. The zero-order valence-corrected chi connectivity index (χ0v) is 6.24. The van der Waals surface area contributed by atoms with Crippen LogP contribution < -0.4 is 0 Å². The molecule has 0 amide bonds. The van der Waals surface area contributed by atoms with Crippen LogP contribution in [0.15, 0.2) is 0 Å². The molecule has 0 aromatic heterocycles. The molecule has 7 heteroatoms. The third-order valence-electron chi connectivity index (χ3n) is 0.409. The molecule has 2 atom stereocenters. The van der Waals surface area contributed by atoms with Gasteiger partial charge in [-0.25, -0.2) is 4.79 Å². The lowest BCUT2D eigenvalue weighted by Gasteiger charge is -1.94. The standard InChI is InChI=1S/C2H5O5PS/c3-2(7-8)1-6-9(4)5/h1,8H2,(H,4,5). The van der Waals surface area contributed by atoms with Gasteiger partial charge < -0.3 is 4.52 Å². The highest BCUT2D eigenvalue weighted by Crippen LogP contribution is 1.88. The van der Waals surface area contributed by atoms with E-state index < -0.39 is 23.9 Å². The molecule has 0 spiro atoms. The normalized spacial score (nSPS) is 12.7. The third-order valence-corrected chi connectivity index (χ3v) is 0.991. The SMILES string of the molecule is O=C(COS(=O)O)OP. The van der Waals surface area contributed by atoms with Crippen molar-refractivity contribution in [1.82, 2.24) is 0 Å². The fraction of sp³-hybridized carbons (Fsp3) is 0.500. The third kappa shape index (κ3) is 5.85. The van der Waals surface area contributed by atoms with Gasteiger partial charge in [0.1, 0.15) is 0 Å². The van der Waals surface area contributed by atoms with Crippen LogP contribution in [0.1, 0.15) is 0 Å². The maximum Gasteiger partial charge on any atom is 0.335 e.